The van der Waals surface area contributed by atoms with Crippen LogP contribution >= 0.6 is 11.8 Å². The first kappa shape index (κ1) is 19.5. The molecule has 0 heterocycles. The third-order valence-corrected chi connectivity index (χ3v) is 4.13. The molecule has 1 aromatic carbocycles. The van der Waals surface area contributed by atoms with Gasteiger partial charge in [-0.1, -0.05) is 18.2 Å². The SMILES string of the molecule is CC(C)NC(=O)C[NH+](C)CC(=O)NCCCSc1ccccc1. The maximum atomic E-state index is 11.8. The molecule has 0 aliphatic rings. The number of benzene rings is 1. The molecule has 0 saturated heterocycles. The van der Waals surface area contributed by atoms with Gasteiger partial charge in [0.1, 0.15) is 0 Å². The van der Waals surface area contributed by atoms with Crippen LogP contribution in [0.4, 0.5) is 0 Å². The molecule has 5 nitrogen and oxygen atoms in total. The summed E-state index contributed by atoms with van der Waals surface area (Å²) >= 11 is 1.79. The van der Waals surface area contributed by atoms with Crippen molar-refractivity contribution in [2.24, 2.45) is 0 Å². The van der Waals surface area contributed by atoms with Gasteiger partial charge in [0.25, 0.3) is 11.8 Å². The standard InChI is InChI=1S/C17H27N3O2S/c1-14(2)19-17(22)13-20(3)12-16(21)18-10-7-11-23-15-8-5-4-6-9-15/h4-6,8-9,14H,7,10-13H2,1-3H3,(H,18,21)(H,19,22)/p+1. The topological polar surface area (TPSA) is 62.6 Å². The van der Waals surface area contributed by atoms with Gasteiger partial charge in [0.05, 0.1) is 7.05 Å². The van der Waals surface area contributed by atoms with E-state index < -0.39 is 0 Å². The average Bonchev–Trinajstić information content (AvgIpc) is 2.46. The van der Waals surface area contributed by atoms with E-state index in [9.17, 15) is 9.59 Å². The summed E-state index contributed by atoms with van der Waals surface area (Å²) in [5.41, 5.74) is 0. The molecule has 1 unspecified atom stereocenters. The minimum Gasteiger partial charge on any atom is -0.351 e. The van der Waals surface area contributed by atoms with E-state index in [1.54, 1.807) is 11.8 Å². The zero-order valence-electron chi connectivity index (χ0n) is 14.2. The van der Waals surface area contributed by atoms with Gasteiger partial charge in [0.15, 0.2) is 13.1 Å². The fourth-order valence-electron chi connectivity index (χ4n) is 2.05. The second kappa shape index (κ2) is 11.1. The molecule has 0 radical (unpaired) electrons. The van der Waals surface area contributed by atoms with Crippen molar-refractivity contribution in [3.05, 3.63) is 30.3 Å². The highest BCUT2D eigenvalue weighted by Gasteiger charge is 2.14. The quantitative estimate of drug-likeness (QED) is 0.425. The maximum absolute atomic E-state index is 11.8. The van der Waals surface area contributed by atoms with Gasteiger partial charge >= 0.3 is 0 Å². The van der Waals surface area contributed by atoms with Gasteiger partial charge in [0.2, 0.25) is 0 Å². The molecule has 3 N–H and O–H groups in total. The molecule has 6 heteroatoms. The second-order valence-corrected chi connectivity index (χ2v) is 7.07. The van der Waals surface area contributed by atoms with Crippen molar-refractivity contribution in [1.82, 2.24) is 10.6 Å². The predicted molar refractivity (Wildman–Crippen MR) is 94.7 cm³/mol. The van der Waals surface area contributed by atoms with Crippen LogP contribution in [0.1, 0.15) is 20.3 Å². The van der Waals surface area contributed by atoms with Gasteiger partial charge in [-0.3, -0.25) is 9.59 Å². The number of amides is 2. The van der Waals surface area contributed by atoms with E-state index in [2.05, 4.69) is 22.8 Å². The molecule has 23 heavy (non-hydrogen) atoms. The summed E-state index contributed by atoms with van der Waals surface area (Å²) in [6.45, 7) is 5.15. The summed E-state index contributed by atoms with van der Waals surface area (Å²) in [6.07, 6.45) is 0.929. The highest BCUT2D eigenvalue weighted by atomic mass is 32.2. The van der Waals surface area contributed by atoms with Gasteiger partial charge in [-0.25, -0.2) is 0 Å². The summed E-state index contributed by atoms with van der Waals surface area (Å²) in [5, 5.41) is 5.74. The average molecular weight is 338 g/mol. The van der Waals surface area contributed by atoms with E-state index in [0.29, 0.717) is 19.6 Å². The third-order valence-electron chi connectivity index (χ3n) is 3.03. The fourth-order valence-corrected chi connectivity index (χ4v) is 2.93. The van der Waals surface area contributed by atoms with Crippen molar-refractivity contribution in [2.75, 3.05) is 32.4 Å². The summed E-state index contributed by atoms with van der Waals surface area (Å²) < 4.78 is 0. The summed E-state index contributed by atoms with van der Waals surface area (Å²) in [7, 11) is 1.85. The zero-order valence-corrected chi connectivity index (χ0v) is 15.0. The van der Waals surface area contributed by atoms with E-state index in [-0.39, 0.29) is 17.9 Å². The number of hydrogen-bond donors (Lipinski definition) is 3. The first-order valence-electron chi connectivity index (χ1n) is 8.02. The molecule has 0 aliphatic carbocycles. The Morgan fingerprint density at radius 1 is 1.13 bits per heavy atom. The van der Waals surface area contributed by atoms with E-state index in [1.165, 1.54) is 4.90 Å². The normalized spacial score (nSPS) is 12.0. The Bertz CT molecular complexity index is 480. The number of nitrogens with one attached hydrogen (secondary N) is 3. The summed E-state index contributed by atoms with van der Waals surface area (Å²) in [5.74, 6) is 0.943. The Balaban J connectivity index is 2.08. The van der Waals surface area contributed by atoms with E-state index >= 15 is 0 Å². The highest BCUT2D eigenvalue weighted by Crippen LogP contribution is 2.17. The number of likely N-dealkylation sites (N-methyl/N-ethyl adjacent to an activating group) is 1. The maximum Gasteiger partial charge on any atom is 0.275 e. The lowest BCUT2D eigenvalue weighted by Crippen LogP contribution is -3.11. The Morgan fingerprint density at radius 2 is 1.78 bits per heavy atom. The molecule has 0 bridgehead atoms. The molecule has 0 spiro atoms. The Morgan fingerprint density at radius 3 is 2.43 bits per heavy atom. The molecule has 0 aromatic heterocycles. The molecule has 2 amide bonds. The van der Waals surface area contributed by atoms with E-state index in [1.807, 2.05) is 39.1 Å². The minimum atomic E-state index is -0.0236. The number of hydrogen-bond acceptors (Lipinski definition) is 3. The van der Waals surface area contributed by atoms with Gasteiger partial charge in [-0.15, -0.1) is 11.8 Å². The van der Waals surface area contributed by atoms with Crippen molar-refractivity contribution in [2.45, 2.75) is 31.2 Å². The fraction of sp³-hybridized carbons (Fsp3) is 0.529. The van der Waals surface area contributed by atoms with Gasteiger partial charge in [-0.05, 0) is 38.2 Å². The number of quaternary nitrogens is 1. The Labute approximate surface area is 143 Å². The number of thioether (sulfide) groups is 1. The van der Waals surface area contributed by atoms with Crippen LogP contribution in [0.3, 0.4) is 0 Å². The van der Waals surface area contributed by atoms with Crippen LogP contribution in [0.5, 0.6) is 0 Å². The van der Waals surface area contributed by atoms with Crippen molar-refractivity contribution in [1.29, 1.82) is 0 Å². The minimum absolute atomic E-state index is 0.00967. The van der Waals surface area contributed by atoms with Crippen molar-refractivity contribution in [3.8, 4) is 0 Å². The monoisotopic (exact) mass is 338 g/mol. The van der Waals surface area contributed by atoms with E-state index in [0.717, 1.165) is 17.1 Å². The lowest BCUT2D eigenvalue weighted by Gasteiger charge is -2.14. The smallest absolute Gasteiger partial charge is 0.275 e. The molecular weight excluding hydrogens is 310 g/mol. The molecule has 1 rings (SSSR count). The third kappa shape index (κ3) is 9.97. The van der Waals surface area contributed by atoms with Gasteiger partial charge in [0, 0.05) is 17.5 Å². The lowest BCUT2D eigenvalue weighted by molar-refractivity contribution is -0.862. The van der Waals surface area contributed by atoms with Gasteiger partial charge < -0.3 is 15.5 Å². The first-order valence-corrected chi connectivity index (χ1v) is 9.01. The van der Waals surface area contributed by atoms with Crippen LogP contribution in [-0.4, -0.2) is 50.3 Å². The Kier molecular flexibility index (Phi) is 9.40. The van der Waals surface area contributed by atoms with Crippen LogP contribution < -0.4 is 15.5 Å². The van der Waals surface area contributed by atoms with E-state index in [4.69, 9.17) is 0 Å². The number of carbonyl (C=O) groups excluding carboxylic acids is 2. The predicted octanol–water partition coefficient (Wildman–Crippen LogP) is 0.324. The van der Waals surface area contributed by atoms with Crippen LogP contribution in [-0.2, 0) is 9.59 Å². The molecular formula is C17H28N3O2S+. The summed E-state index contributed by atoms with van der Waals surface area (Å²) in [4.78, 5) is 25.6. The van der Waals surface area contributed by atoms with Crippen molar-refractivity contribution in [3.63, 3.8) is 0 Å². The van der Waals surface area contributed by atoms with Crippen molar-refractivity contribution >= 4 is 23.6 Å². The summed E-state index contributed by atoms with van der Waals surface area (Å²) in [6, 6.07) is 10.4. The number of rotatable bonds is 10. The van der Waals surface area contributed by atoms with Crippen molar-refractivity contribution < 1.29 is 14.5 Å². The number of carbonyl (C=O) groups is 2. The molecule has 1 aromatic rings. The lowest BCUT2D eigenvalue weighted by atomic mass is 10.3. The molecule has 128 valence electrons. The second-order valence-electron chi connectivity index (χ2n) is 5.90. The molecule has 1 atom stereocenters. The first-order chi connectivity index (χ1) is 11.0. The van der Waals surface area contributed by atoms with Crippen LogP contribution in [0.2, 0.25) is 0 Å². The van der Waals surface area contributed by atoms with Crippen LogP contribution in [0.25, 0.3) is 0 Å². The zero-order chi connectivity index (χ0) is 17.1. The molecule has 0 aliphatic heterocycles. The largest absolute Gasteiger partial charge is 0.351 e. The Hall–Kier alpha value is -1.53. The van der Waals surface area contributed by atoms with Crippen LogP contribution in [0.15, 0.2) is 35.2 Å². The molecule has 0 saturated carbocycles. The van der Waals surface area contributed by atoms with Crippen LogP contribution in [0, 0.1) is 0 Å². The molecule has 0 fully saturated rings. The van der Waals surface area contributed by atoms with Gasteiger partial charge in [-0.2, -0.15) is 0 Å². The highest BCUT2D eigenvalue weighted by molar-refractivity contribution is 7.99.